The van der Waals surface area contributed by atoms with Crippen LogP contribution in [0, 0.1) is 0 Å². The number of rotatable bonds is 2. The molecule has 0 aromatic rings. The molecule has 0 aromatic carbocycles. The van der Waals surface area contributed by atoms with Crippen LogP contribution in [0.1, 0.15) is 0 Å². The van der Waals surface area contributed by atoms with Crippen molar-refractivity contribution < 1.29 is 18.1 Å². The normalized spacial score (nSPS) is 10.2. The summed E-state index contributed by atoms with van der Waals surface area (Å²) in [5.41, 5.74) is 0. The van der Waals surface area contributed by atoms with Crippen LogP contribution >= 0.6 is 12.4 Å². The van der Waals surface area contributed by atoms with E-state index in [1.54, 1.807) is 0 Å². The first-order valence-electron chi connectivity index (χ1n) is 1.62. The van der Waals surface area contributed by atoms with E-state index >= 15 is 0 Å². The van der Waals surface area contributed by atoms with Crippen molar-refractivity contribution >= 4 is 22.5 Å². The van der Waals surface area contributed by atoms with Gasteiger partial charge in [-0.1, -0.05) is 0 Å². The van der Waals surface area contributed by atoms with E-state index in [1.165, 1.54) is 0 Å². The van der Waals surface area contributed by atoms with E-state index in [1.807, 2.05) is 0 Å². The first kappa shape index (κ1) is 11.0. The Morgan fingerprint density at radius 3 is 1.75 bits per heavy atom. The molecule has 0 amide bonds. The van der Waals surface area contributed by atoms with Crippen LogP contribution in [0.5, 0.6) is 0 Å². The Labute approximate surface area is 53.7 Å². The second-order valence-corrected chi connectivity index (χ2v) is 2.58. The van der Waals surface area contributed by atoms with Gasteiger partial charge in [0.1, 0.15) is 0 Å². The summed E-state index contributed by atoms with van der Waals surface area (Å²) in [7, 11) is -3.92. The fourth-order valence-electron chi connectivity index (χ4n) is 0.115. The number of hydrogen-bond donors (Lipinski definition) is 2. The summed E-state index contributed by atoms with van der Waals surface area (Å²) in [4.78, 5) is 0. The number of aliphatic hydroxyl groups excluding tert-OH is 1. The van der Waals surface area contributed by atoms with Crippen molar-refractivity contribution in [3.8, 4) is 0 Å². The van der Waals surface area contributed by atoms with Crippen LogP contribution in [0.15, 0.2) is 0 Å². The van der Waals surface area contributed by atoms with Crippen molar-refractivity contribution in [2.75, 3.05) is 12.4 Å². The minimum atomic E-state index is -3.92. The maximum Gasteiger partial charge on any atom is 0.267 e. The average Bonchev–Trinajstić information content (AvgIpc) is 1.30. The van der Waals surface area contributed by atoms with Gasteiger partial charge in [0.15, 0.2) is 0 Å². The Kier molecular flexibility index (Phi) is 5.62. The predicted molar refractivity (Wildman–Crippen MR) is 30.7 cm³/mol. The van der Waals surface area contributed by atoms with E-state index in [2.05, 4.69) is 0 Å². The van der Waals surface area contributed by atoms with E-state index < -0.39 is 22.5 Å². The van der Waals surface area contributed by atoms with Gasteiger partial charge < -0.3 is 5.11 Å². The predicted octanol–water partition coefficient (Wildman–Crippen LogP) is -0.712. The Morgan fingerprint density at radius 2 is 1.75 bits per heavy atom. The monoisotopic (exact) mass is 162 g/mol. The summed E-state index contributed by atoms with van der Waals surface area (Å²) in [5.74, 6) is -0.576. The van der Waals surface area contributed by atoms with Gasteiger partial charge in [0.05, 0.1) is 12.4 Å². The number of aliphatic hydroxyl groups is 1. The zero-order valence-electron chi connectivity index (χ0n) is 3.94. The largest absolute Gasteiger partial charge is 0.395 e. The molecule has 0 aliphatic rings. The minimum Gasteiger partial charge on any atom is -0.395 e. The lowest BCUT2D eigenvalue weighted by Gasteiger charge is -1.85. The van der Waals surface area contributed by atoms with Crippen molar-refractivity contribution in [3.63, 3.8) is 0 Å². The SMILES string of the molecule is Cl.O=S(=O)(O)CCO. The van der Waals surface area contributed by atoms with E-state index in [9.17, 15) is 8.42 Å². The van der Waals surface area contributed by atoms with Gasteiger partial charge in [-0.2, -0.15) is 8.42 Å². The Balaban J connectivity index is 0. The molecule has 0 spiro atoms. The van der Waals surface area contributed by atoms with Crippen LogP contribution in [-0.2, 0) is 10.1 Å². The number of hydrogen-bond acceptors (Lipinski definition) is 3. The van der Waals surface area contributed by atoms with Gasteiger partial charge in [0.2, 0.25) is 0 Å². The average molecular weight is 163 g/mol. The van der Waals surface area contributed by atoms with Crippen molar-refractivity contribution in [2.45, 2.75) is 0 Å². The zero-order chi connectivity index (χ0) is 5.91. The van der Waals surface area contributed by atoms with Crippen molar-refractivity contribution in [3.05, 3.63) is 0 Å². The van der Waals surface area contributed by atoms with Crippen LogP contribution in [0.2, 0.25) is 0 Å². The quantitative estimate of drug-likeness (QED) is 0.526. The van der Waals surface area contributed by atoms with Gasteiger partial charge >= 0.3 is 0 Å². The van der Waals surface area contributed by atoms with E-state index in [4.69, 9.17) is 9.66 Å². The molecule has 0 heterocycles. The minimum absolute atomic E-state index is 0. The van der Waals surface area contributed by atoms with Gasteiger partial charge in [0, 0.05) is 0 Å². The molecule has 0 atom stereocenters. The lowest BCUT2D eigenvalue weighted by atomic mass is 10.9. The molecule has 0 unspecified atom stereocenters. The van der Waals surface area contributed by atoms with Crippen molar-refractivity contribution in [1.29, 1.82) is 0 Å². The third-order valence-corrected chi connectivity index (χ3v) is 1.05. The Hall–Kier alpha value is 0.160. The van der Waals surface area contributed by atoms with Gasteiger partial charge in [0.25, 0.3) is 10.1 Å². The second-order valence-electron chi connectivity index (χ2n) is 1.01. The molecule has 2 N–H and O–H groups in total. The van der Waals surface area contributed by atoms with Gasteiger partial charge in [-0.3, -0.25) is 4.55 Å². The third kappa shape index (κ3) is 9.48. The first-order chi connectivity index (χ1) is 3.06. The van der Waals surface area contributed by atoms with Crippen LogP contribution in [-0.4, -0.2) is 30.4 Å². The lowest BCUT2D eigenvalue weighted by molar-refractivity contribution is 0.315. The fourth-order valence-corrected chi connectivity index (χ4v) is 0.346. The van der Waals surface area contributed by atoms with Crippen LogP contribution in [0.4, 0.5) is 0 Å². The maximum absolute atomic E-state index is 9.63. The molecule has 8 heavy (non-hydrogen) atoms. The summed E-state index contributed by atoms with van der Waals surface area (Å²) < 4.78 is 27.1. The molecule has 0 radical (unpaired) electrons. The second kappa shape index (κ2) is 4.08. The molecule has 0 saturated heterocycles. The van der Waals surface area contributed by atoms with E-state index in [0.29, 0.717) is 0 Å². The number of halogens is 1. The lowest BCUT2D eigenvalue weighted by Crippen LogP contribution is -2.06. The molecule has 4 nitrogen and oxygen atoms in total. The third-order valence-electron chi connectivity index (χ3n) is 0.349. The molecule has 0 saturated carbocycles. The molecule has 0 fully saturated rings. The highest BCUT2D eigenvalue weighted by Gasteiger charge is 1.99. The van der Waals surface area contributed by atoms with E-state index in [-0.39, 0.29) is 12.4 Å². The highest BCUT2D eigenvalue weighted by molar-refractivity contribution is 7.85. The summed E-state index contributed by atoms with van der Waals surface area (Å²) in [6, 6.07) is 0. The van der Waals surface area contributed by atoms with Gasteiger partial charge in [-0.25, -0.2) is 0 Å². The van der Waals surface area contributed by atoms with Crippen molar-refractivity contribution in [2.24, 2.45) is 0 Å². The van der Waals surface area contributed by atoms with Crippen LogP contribution < -0.4 is 0 Å². The molecule has 0 bridgehead atoms. The molecule has 6 heteroatoms. The molecule has 0 rings (SSSR count). The first-order valence-corrected chi connectivity index (χ1v) is 3.23. The molecular formula is C2H7ClO4S. The topological polar surface area (TPSA) is 74.6 Å². The van der Waals surface area contributed by atoms with E-state index in [0.717, 1.165) is 0 Å². The molecule has 0 aliphatic carbocycles. The molecule has 0 aliphatic heterocycles. The summed E-state index contributed by atoms with van der Waals surface area (Å²) >= 11 is 0. The Morgan fingerprint density at radius 1 is 1.38 bits per heavy atom. The highest BCUT2D eigenvalue weighted by Crippen LogP contribution is 1.75. The summed E-state index contributed by atoms with van der Waals surface area (Å²) in [6.45, 7) is -0.529. The van der Waals surface area contributed by atoms with Crippen LogP contribution in [0.3, 0.4) is 0 Å². The standard InChI is InChI=1S/C2H6O4S.ClH/c3-1-2-7(4,5)6;/h3H,1-2H2,(H,4,5,6);1H. The fraction of sp³-hybridized carbons (Fsp3) is 1.00. The summed E-state index contributed by atoms with van der Waals surface area (Å²) in [6.07, 6.45) is 0. The van der Waals surface area contributed by atoms with Gasteiger partial charge in [-0.05, 0) is 0 Å². The zero-order valence-corrected chi connectivity index (χ0v) is 5.57. The molecule has 0 aromatic heterocycles. The van der Waals surface area contributed by atoms with Crippen LogP contribution in [0.25, 0.3) is 0 Å². The summed E-state index contributed by atoms with van der Waals surface area (Å²) in [5, 5.41) is 7.86. The maximum atomic E-state index is 9.63. The molecule has 52 valence electrons. The smallest absolute Gasteiger partial charge is 0.267 e. The van der Waals surface area contributed by atoms with Crippen molar-refractivity contribution in [1.82, 2.24) is 0 Å². The Bertz CT molecular complexity index is 127. The molecular weight excluding hydrogens is 156 g/mol. The van der Waals surface area contributed by atoms with Gasteiger partial charge in [-0.15, -0.1) is 12.4 Å². The highest BCUT2D eigenvalue weighted by atomic mass is 35.5.